The van der Waals surface area contributed by atoms with E-state index in [-0.39, 0.29) is 11.0 Å². The van der Waals surface area contributed by atoms with Crippen molar-refractivity contribution in [3.05, 3.63) is 52.8 Å². The van der Waals surface area contributed by atoms with Gasteiger partial charge in [-0.25, -0.2) is 4.98 Å². The van der Waals surface area contributed by atoms with Gasteiger partial charge >= 0.3 is 0 Å². The fourth-order valence-corrected chi connectivity index (χ4v) is 4.46. The lowest BCUT2D eigenvalue weighted by molar-refractivity contribution is -0.0447. The number of fused-ring (bicyclic) bond motifs is 3. The molecule has 1 aromatic carbocycles. The first-order chi connectivity index (χ1) is 14.0. The van der Waals surface area contributed by atoms with Crippen molar-refractivity contribution in [1.82, 2.24) is 28.9 Å². The number of rotatable bonds is 3. The summed E-state index contributed by atoms with van der Waals surface area (Å²) < 4.78 is 11.3. The van der Waals surface area contributed by atoms with E-state index >= 15 is 0 Å². The second-order valence-electron chi connectivity index (χ2n) is 8.65. The van der Waals surface area contributed by atoms with Gasteiger partial charge < -0.3 is 4.74 Å². The zero-order valence-electron chi connectivity index (χ0n) is 16.5. The lowest BCUT2D eigenvalue weighted by Gasteiger charge is -2.28. The molecule has 0 N–H and O–H groups in total. The highest BCUT2D eigenvalue weighted by molar-refractivity contribution is 5.81. The maximum absolute atomic E-state index is 13.8. The van der Waals surface area contributed by atoms with E-state index in [1.54, 1.807) is 15.6 Å². The Morgan fingerprint density at radius 1 is 1.10 bits per heavy atom. The largest absolute Gasteiger partial charge is 0.355 e. The van der Waals surface area contributed by atoms with Crippen molar-refractivity contribution in [3.8, 4) is 5.82 Å². The van der Waals surface area contributed by atoms with Crippen molar-refractivity contribution in [2.24, 2.45) is 0 Å². The number of ether oxygens (including phenoxy) is 1. The normalized spacial score (nSPS) is 23.2. The van der Waals surface area contributed by atoms with Crippen LogP contribution in [-0.2, 0) is 15.9 Å². The van der Waals surface area contributed by atoms with Crippen molar-refractivity contribution in [2.45, 2.75) is 50.7 Å². The summed E-state index contributed by atoms with van der Waals surface area (Å²) in [5.74, 6) is 0.499. The van der Waals surface area contributed by atoms with Crippen LogP contribution in [0.5, 0.6) is 0 Å². The molecule has 4 heterocycles. The first-order valence-electron chi connectivity index (χ1n) is 10.1. The molecule has 4 aromatic rings. The molecule has 2 fully saturated rings. The van der Waals surface area contributed by atoms with Gasteiger partial charge in [-0.1, -0.05) is 24.3 Å². The number of aromatic nitrogens is 6. The third kappa shape index (κ3) is 2.29. The van der Waals surface area contributed by atoms with Gasteiger partial charge in [0.2, 0.25) is 0 Å². The maximum atomic E-state index is 13.8. The molecule has 1 atom stereocenters. The standard InChI is InChI=1S/C21H22N6O2/c1-20(9-10-20)16-12-26(24-23-16)18-17-19(28)27(21(2)8-5-11-29-21)15-7-4-3-6-14(15)25(17)13-22-18/h3-4,6-7,12-13H,5,8-11H2,1-2H3. The summed E-state index contributed by atoms with van der Waals surface area (Å²) in [6.45, 7) is 4.83. The fraction of sp³-hybridized carbons (Fsp3) is 0.429. The third-order valence-electron chi connectivity index (χ3n) is 6.54. The van der Waals surface area contributed by atoms with Crippen molar-refractivity contribution in [3.63, 3.8) is 0 Å². The van der Waals surface area contributed by atoms with Crippen molar-refractivity contribution in [2.75, 3.05) is 6.61 Å². The van der Waals surface area contributed by atoms with Crippen LogP contribution in [0.3, 0.4) is 0 Å². The Kier molecular flexibility index (Phi) is 3.23. The number of para-hydroxylation sites is 2. The molecular weight excluding hydrogens is 368 g/mol. The van der Waals surface area contributed by atoms with Crippen LogP contribution in [0.2, 0.25) is 0 Å². The predicted octanol–water partition coefficient (Wildman–Crippen LogP) is 2.76. The quantitative estimate of drug-likeness (QED) is 0.537. The van der Waals surface area contributed by atoms with E-state index in [1.807, 2.05) is 41.8 Å². The number of nitrogens with zero attached hydrogens (tertiary/aromatic N) is 6. The molecule has 148 valence electrons. The van der Waals surface area contributed by atoms with Crippen molar-refractivity contribution >= 4 is 16.6 Å². The predicted molar refractivity (Wildman–Crippen MR) is 107 cm³/mol. The molecule has 1 saturated heterocycles. The smallest absolute Gasteiger partial charge is 0.281 e. The van der Waals surface area contributed by atoms with Crippen LogP contribution < -0.4 is 5.56 Å². The zero-order valence-corrected chi connectivity index (χ0v) is 16.5. The monoisotopic (exact) mass is 390 g/mol. The summed E-state index contributed by atoms with van der Waals surface area (Å²) in [6, 6.07) is 7.88. The van der Waals surface area contributed by atoms with Crippen LogP contribution in [0.4, 0.5) is 0 Å². The lowest BCUT2D eigenvalue weighted by atomic mass is 10.1. The van der Waals surface area contributed by atoms with E-state index in [4.69, 9.17) is 4.74 Å². The van der Waals surface area contributed by atoms with E-state index in [0.717, 1.165) is 42.4 Å². The molecule has 1 saturated carbocycles. The highest BCUT2D eigenvalue weighted by atomic mass is 16.5. The van der Waals surface area contributed by atoms with Crippen molar-refractivity contribution < 1.29 is 4.74 Å². The summed E-state index contributed by atoms with van der Waals surface area (Å²) >= 11 is 0. The number of benzene rings is 1. The van der Waals surface area contributed by atoms with Gasteiger partial charge in [-0.05, 0) is 44.7 Å². The summed E-state index contributed by atoms with van der Waals surface area (Å²) in [4.78, 5) is 18.3. The van der Waals surface area contributed by atoms with Gasteiger partial charge in [-0.15, -0.1) is 5.10 Å². The first kappa shape index (κ1) is 16.9. The molecule has 1 unspecified atom stereocenters. The number of hydrogen-bond donors (Lipinski definition) is 0. The summed E-state index contributed by atoms with van der Waals surface area (Å²) in [5.41, 5.74) is 2.48. The second-order valence-corrected chi connectivity index (χ2v) is 8.65. The topological polar surface area (TPSA) is 79.2 Å². The van der Waals surface area contributed by atoms with E-state index < -0.39 is 5.72 Å². The molecule has 8 nitrogen and oxygen atoms in total. The molecule has 29 heavy (non-hydrogen) atoms. The Bertz CT molecular complexity index is 1320. The average molecular weight is 390 g/mol. The van der Waals surface area contributed by atoms with Gasteiger partial charge in [-0.3, -0.25) is 13.8 Å². The molecule has 0 spiro atoms. The Morgan fingerprint density at radius 2 is 1.90 bits per heavy atom. The molecule has 8 heteroatoms. The molecule has 6 rings (SSSR count). The molecular formula is C21H22N6O2. The van der Waals surface area contributed by atoms with Gasteiger partial charge in [0.25, 0.3) is 5.56 Å². The van der Waals surface area contributed by atoms with Gasteiger partial charge in [0, 0.05) is 12.0 Å². The fourth-order valence-electron chi connectivity index (χ4n) is 4.46. The van der Waals surface area contributed by atoms with E-state index in [1.165, 1.54) is 0 Å². The molecule has 0 amide bonds. The van der Waals surface area contributed by atoms with Crippen LogP contribution in [0, 0.1) is 0 Å². The second kappa shape index (κ2) is 5.54. The first-order valence-corrected chi connectivity index (χ1v) is 10.1. The van der Waals surface area contributed by atoms with Crippen molar-refractivity contribution in [1.29, 1.82) is 0 Å². The summed E-state index contributed by atoms with van der Waals surface area (Å²) in [6.07, 6.45) is 7.55. The maximum Gasteiger partial charge on any atom is 0.281 e. The van der Waals surface area contributed by atoms with E-state index in [2.05, 4.69) is 22.2 Å². The number of imidazole rings is 1. The molecule has 1 aliphatic carbocycles. The zero-order chi connectivity index (χ0) is 19.8. The van der Waals surface area contributed by atoms with Gasteiger partial charge in [-0.2, -0.15) is 4.68 Å². The minimum atomic E-state index is -0.672. The van der Waals surface area contributed by atoms with Crippen LogP contribution in [0.1, 0.15) is 45.2 Å². The average Bonchev–Trinajstić information content (AvgIpc) is 3.16. The lowest BCUT2D eigenvalue weighted by Crippen LogP contribution is -2.39. The minimum absolute atomic E-state index is 0.103. The Balaban J connectivity index is 1.66. The Hall–Kier alpha value is -3.00. The molecule has 3 aromatic heterocycles. The highest BCUT2D eigenvalue weighted by Crippen LogP contribution is 2.46. The van der Waals surface area contributed by atoms with Crippen LogP contribution in [0.15, 0.2) is 41.6 Å². The number of hydrogen-bond acceptors (Lipinski definition) is 5. The Morgan fingerprint density at radius 3 is 2.62 bits per heavy atom. The van der Waals surface area contributed by atoms with E-state index in [0.29, 0.717) is 17.9 Å². The van der Waals surface area contributed by atoms with Crippen LogP contribution >= 0.6 is 0 Å². The SMILES string of the molecule is CC1(c2cn(-c3ncn4c3c(=O)n(C3(C)CCCO3)c3ccccc34)nn2)CC1. The Labute approximate surface area is 166 Å². The summed E-state index contributed by atoms with van der Waals surface area (Å²) in [5, 5.41) is 8.64. The molecule has 2 aliphatic rings. The van der Waals surface area contributed by atoms with Crippen LogP contribution in [-0.4, -0.2) is 35.6 Å². The van der Waals surface area contributed by atoms with Gasteiger partial charge in [0.05, 0.1) is 22.9 Å². The molecule has 0 bridgehead atoms. The van der Waals surface area contributed by atoms with Gasteiger partial charge in [0.1, 0.15) is 12.1 Å². The summed E-state index contributed by atoms with van der Waals surface area (Å²) in [7, 11) is 0. The molecule has 0 radical (unpaired) electrons. The van der Waals surface area contributed by atoms with Gasteiger partial charge in [0.15, 0.2) is 11.3 Å². The van der Waals surface area contributed by atoms with Crippen LogP contribution in [0.25, 0.3) is 22.4 Å². The van der Waals surface area contributed by atoms with E-state index in [9.17, 15) is 4.79 Å². The highest BCUT2D eigenvalue weighted by Gasteiger charge is 2.42. The molecule has 1 aliphatic heterocycles. The minimum Gasteiger partial charge on any atom is -0.355 e. The third-order valence-corrected chi connectivity index (χ3v) is 6.54.